The highest BCUT2D eigenvalue weighted by atomic mass is 32.2. The smallest absolute Gasteiger partial charge is 0.394 e. The van der Waals surface area contributed by atoms with Crippen LogP contribution in [0.15, 0.2) is 18.2 Å². The van der Waals surface area contributed by atoms with Crippen LogP contribution in [0.1, 0.15) is 12.0 Å². The van der Waals surface area contributed by atoms with Crippen LogP contribution in [0.25, 0.3) is 0 Å². The first kappa shape index (κ1) is 17.6. The van der Waals surface area contributed by atoms with Crippen molar-refractivity contribution in [2.45, 2.75) is 18.6 Å². The number of hydrogen-bond donors (Lipinski definition) is 2. The molecule has 0 saturated heterocycles. The van der Waals surface area contributed by atoms with E-state index in [4.69, 9.17) is 0 Å². The van der Waals surface area contributed by atoms with Gasteiger partial charge in [0.25, 0.3) is 5.69 Å². The van der Waals surface area contributed by atoms with E-state index in [0.717, 1.165) is 11.8 Å². The minimum Gasteiger partial charge on any atom is -0.394 e. The van der Waals surface area contributed by atoms with E-state index >= 15 is 0 Å². The van der Waals surface area contributed by atoms with Crippen molar-refractivity contribution in [2.75, 3.05) is 23.9 Å². The summed E-state index contributed by atoms with van der Waals surface area (Å²) in [6.07, 6.45) is -2.37. The average molecular weight is 324 g/mol. The number of nitro benzene ring substituents is 1. The fourth-order valence-corrected chi connectivity index (χ4v) is 2.24. The predicted octanol–water partition coefficient (Wildman–Crippen LogP) is 3.14. The largest absolute Gasteiger partial charge is 0.423 e. The molecule has 1 rings (SSSR count). The van der Waals surface area contributed by atoms with Crippen LogP contribution in [0, 0.1) is 10.1 Å². The predicted molar refractivity (Wildman–Crippen MR) is 75.6 cm³/mol. The SMILES string of the molecule is CSCCC(CO)Nc1ccc([N+](=O)[O-])c(C(F)(F)F)c1. The zero-order chi connectivity index (χ0) is 16.0. The summed E-state index contributed by atoms with van der Waals surface area (Å²) in [5.74, 6) is 0.733. The molecular formula is C12H15F3N2O3S. The van der Waals surface area contributed by atoms with E-state index in [9.17, 15) is 28.4 Å². The number of thioether (sulfide) groups is 1. The van der Waals surface area contributed by atoms with Crippen LogP contribution in [0.2, 0.25) is 0 Å². The van der Waals surface area contributed by atoms with E-state index in [0.29, 0.717) is 12.5 Å². The van der Waals surface area contributed by atoms with Crippen LogP contribution < -0.4 is 5.32 Å². The van der Waals surface area contributed by atoms with Crippen LogP contribution in [-0.4, -0.2) is 34.7 Å². The molecule has 0 aliphatic heterocycles. The van der Waals surface area contributed by atoms with Crippen LogP contribution in [0.4, 0.5) is 24.5 Å². The maximum absolute atomic E-state index is 12.8. The summed E-state index contributed by atoms with van der Waals surface area (Å²) in [6.45, 7) is -0.237. The van der Waals surface area contributed by atoms with Crippen molar-refractivity contribution >= 4 is 23.1 Å². The second-order valence-corrected chi connectivity index (χ2v) is 5.28. The number of nitro groups is 1. The third-order valence-electron chi connectivity index (χ3n) is 2.76. The van der Waals surface area contributed by atoms with Crippen LogP contribution >= 0.6 is 11.8 Å². The quantitative estimate of drug-likeness (QED) is 0.595. The van der Waals surface area contributed by atoms with Crippen LogP contribution in [0.3, 0.4) is 0 Å². The highest BCUT2D eigenvalue weighted by Gasteiger charge is 2.38. The van der Waals surface area contributed by atoms with Crippen molar-refractivity contribution in [2.24, 2.45) is 0 Å². The summed E-state index contributed by atoms with van der Waals surface area (Å²) in [7, 11) is 0. The number of anilines is 1. The zero-order valence-electron chi connectivity index (χ0n) is 11.2. The Balaban J connectivity index is 3.02. The number of aliphatic hydroxyl groups is 1. The molecule has 0 aromatic heterocycles. The lowest BCUT2D eigenvalue weighted by Crippen LogP contribution is -2.24. The molecule has 21 heavy (non-hydrogen) atoms. The van der Waals surface area contributed by atoms with E-state index in [1.165, 1.54) is 6.07 Å². The number of hydrogen-bond acceptors (Lipinski definition) is 5. The lowest BCUT2D eigenvalue weighted by atomic mass is 10.1. The number of benzene rings is 1. The Kier molecular flexibility index (Phi) is 6.28. The molecule has 2 N–H and O–H groups in total. The monoisotopic (exact) mass is 324 g/mol. The molecule has 0 bridgehead atoms. The summed E-state index contributed by atoms with van der Waals surface area (Å²) in [5.41, 5.74) is -2.20. The highest BCUT2D eigenvalue weighted by molar-refractivity contribution is 7.98. The molecule has 1 aromatic rings. The summed E-state index contributed by atoms with van der Waals surface area (Å²) in [6, 6.07) is 2.31. The number of nitrogens with one attached hydrogen (secondary N) is 1. The first-order chi connectivity index (χ1) is 9.79. The highest BCUT2D eigenvalue weighted by Crippen LogP contribution is 2.37. The van der Waals surface area contributed by atoms with Gasteiger partial charge in [-0.05, 0) is 30.6 Å². The van der Waals surface area contributed by atoms with Gasteiger partial charge in [0.2, 0.25) is 0 Å². The maximum atomic E-state index is 12.8. The lowest BCUT2D eigenvalue weighted by Gasteiger charge is -2.18. The van der Waals surface area contributed by atoms with Gasteiger partial charge < -0.3 is 10.4 Å². The number of nitrogens with zero attached hydrogens (tertiary/aromatic N) is 1. The zero-order valence-corrected chi connectivity index (χ0v) is 12.0. The van der Waals surface area contributed by atoms with Gasteiger partial charge in [-0.15, -0.1) is 0 Å². The Morgan fingerprint density at radius 3 is 2.62 bits per heavy atom. The lowest BCUT2D eigenvalue weighted by molar-refractivity contribution is -0.388. The topological polar surface area (TPSA) is 75.4 Å². The van der Waals surface area contributed by atoms with Crippen molar-refractivity contribution in [1.29, 1.82) is 0 Å². The Morgan fingerprint density at radius 2 is 2.14 bits per heavy atom. The van der Waals surface area contributed by atoms with Crippen molar-refractivity contribution in [3.63, 3.8) is 0 Å². The van der Waals surface area contributed by atoms with Gasteiger partial charge in [-0.2, -0.15) is 24.9 Å². The molecule has 1 unspecified atom stereocenters. The molecule has 0 radical (unpaired) electrons. The fourth-order valence-electron chi connectivity index (χ4n) is 1.72. The van der Waals surface area contributed by atoms with E-state index in [2.05, 4.69) is 5.32 Å². The number of halogens is 3. The molecule has 0 spiro atoms. The first-order valence-corrected chi connectivity index (χ1v) is 7.41. The minimum atomic E-state index is -4.81. The average Bonchev–Trinajstić information content (AvgIpc) is 2.42. The summed E-state index contributed by atoms with van der Waals surface area (Å²) >= 11 is 1.55. The maximum Gasteiger partial charge on any atom is 0.423 e. The van der Waals surface area contributed by atoms with Crippen LogP contribution in [0.5, 0.6) is 0 Å². The van der Waals surface area contributed by atoms with Crippen molar-refractivity contribution in [3.05, 3.63) is 33.9 Å². The summed E-state index contributed by atoms with van der Waals surface area (Å²) in [5, 5.41) is 22.6. The van der Waals surface area contributed by atoms with Gasteiger partial charge in [0.05, 0.1) is 11.5 Å². The summed E-state index contributed by atoms with van der Waals surface area (Å²) in [4.78, 5) is 9.58. The van der Waals surface area contributed by atoms with Crippen LogP contribution in [-0.2, 0) is 6.18 Å². The number of aliphatic hydroxyl groups excluding tert-OH is 1. The van der Waals surface area contributed by atoms with Crippen molar-refractivity contribution < 1.29 is 23.2 Å². The molecule has 0 aliphatic carbocycles. The molecular weight excluding hydrogens is 309 g/mol. The Hall–Kier alpha value is -1.48. The van der Waals surface area contributed by atoms with Gasteiger partial charge >= 0.3 is 6.18 Å². The molecule has 0 fully saturated rings. The molecule has 9 heteroatoms. The van der Waals surface area contributed by atoms with E-state index in [-0.39, 0.29) is 12.3 Å². The van der Waals surface area contributed by atoms with E-state index in [1.54, 1.807) is 11.8 Å². The van der Waals surface area contributed by atoms with E-state index < -0.39 is 28.4 Å². The number of rotatable bonds is 7. The Labute approximate surface area is 123 Å². The molecule has 1 atom stereocenters. The van der Waals surface area contributed by atoms with Crippen molar-refractivity contribution in [1.82, 2.24) is 0 Å². The molecule has 5 nitrogen and oxygen atoms in total. The third-order valence-corrected chi connectivity index (χ3v) is 3.40. The van der Waals surface area contributed by atoms with Gasteiger partial charge in [-0.3, -0.25) is 10.1 Å². The minimum absolute atomic E-state index is 0.0908. The normalized spacial score (nSPS) is 13.0. The van der Waals surface area contributed by atoms with Gasteiger partial charge in [-0.25, -0.2) is 0 Å². The van der Waals surface area contributed by atoms with E-state index in [1.807, 2.05) is 6.26 Å². The summed E-state index contributed by atoms with van der Waals surface area (Å²) < 4.78 is 38.5. The second-order valence-electron chi connectivity index (χ2n) is 4.29. The molecule has 0 aliphatic rings. The molecule has 118 valence electrons. The standard InChI is InChI=1S/C12H15F3N2O3S/c1-21-5-4-9(7-18)16-8-2-3-11(17(19)20)10(6-8)12(13,14)15/h2-3,6,9,16,18H,4-5,7H2,1H3. The molecule has 0 heterocycles. The van der Waals surface area contributed by atoms with Gasteiger partial charge in [0.1, 0.15) is 5.56 Å². The number of alkyl halides is 3. The Morgan fingerprint density at radius 1 is 1.48 bits per heavy atom. The van der Waals surface area contributed by atoms with Gasteiger partial charge in [0, 0.05) is 17.8 Å². The molecule has 0 amide bonds. The Bertz CT molecular complexity index is 497. The van der Waals surface area contributed by atoms with Gasteiger partial charge in [0.15, 0.2) is 0 Å². The van der Waals surface area contributed by atoms with Gasteiger partial charge in [-0.1, -0.05) is 0 Å². The third kappa shape index (κ3) is 5.09. The second kappa shape index (κ2) is 7.51. The van der Waals surface area contributed by atoms with Crippen molar-refractivity contribution in [3.8, 4) is 0 Å². The molecule has 0 saturated carbocycles. The fraction of sp³-hybridized carbons (Fsp3) is 0.500. The first-order valence-electron chi connectivity index (χ1n) is 6.01. The molecule has 1 aromatic carbocycles.